The SMILES string of the molecule is CN(C)c1ccc(C(=O)Nc2cnn(-c3ccccc3F)c2)cc1. The number of amides is 1. The molecule has 1 aromatic heterocycles. The van der Waals surface area contributed by atoms with Crippen LogP contribution in [0.4, 0.5) is 15.8 Å². The average molecular weight is 324 g/mol. The Morgan fingerprint density at radius 3 is 2.50 bits per heavy atom. The van der Waals surface area contributed by atoms with Crippen molar-refractivity contribution in [2.24, 2.45) is 0 Å². The lowest BCUT2D eigenvalue weighted by Crippen LogP contribution is -2.12. The molecule has 0 radical (unpaired) electrons. The van der Waals surface area contributed by atoms with Crippen molar-refractivity contribution in [3.63, 3.8) is 0 Å². The fraction of sp³-hybridized carbons (Fsp3) is 0.111. The summed E-state index contributed by atoms with van der Waals surface area (Å²) in [6.07, 6.45) is 3.06. The third-order valence-corrected chi connectivity index (χ3v) is 3.59. The molecule has 0 atom stereocenters. The number of carbonyl (C=O) groups excluding carboxylic acids is 1. The van der Waals surface area contributed by atoms with Crippen LogP contribution in [-0.4, -0.2) is 29.8 Å². The topological polar surface area (TPSA) is 50.2 Å². The maximum Gasteiger partial charge on any atom is 0.255 e. The number of rotatable bonds is 4. The average Bonchev–Trinajstić information content (AvgIpc) is 3.03. The van der Waals surface area contributed by atoms with Gasteiger partial charge in [-0.3, -0.25) is 4.79 Å². The standard InChI is InChI=1S/C18H17FN4O/c1-22(2)15-9-7-13(8-10-15)18(24)21-14-11-20-23(12-14)17-6-4-3-5-16(17)19/h3-12H,1-2H3,(H,21,24). The minimum atomic E-state index is -0.377. The molecule has 2 aromatic carbocycles. The smallest absolute Gasteiger partial charge is 0.255 e. The number of hydrogen-bond donors (Lipinski definition) is 1. The van der Waals surface area contributed by atoms with Crippen LogP contribution in [-0.2, 0) is 0 Å². The van der Waals surface area contributed by atoms with Gasteiger partial charge in [-0.05, 0) is 36.4 Å². The van der Waals surface area contributed by atoms with Crippen LogP contribution in [0.3, 0.4) is 0 Å². The van der Waals surface area contributed by atoms with Crippen molar-refractivity contribution in [2.45, 2.75) is 0 Å². The van der Waals surface area contributed by atoms with Gasteiger partial charge >= 0.3 is 0 Å². The van der Waals surface area contributed by atoms with Gasteiger partial charge in [-0.2, -0.15) is 5.10 Å². The Morgan fingerprint density at radius 2 is 1.83 bits per heavy atom. The van der Waals surface area contributed by atoms with E-state index in [0.717, 1.165) is 5.69 Å². The van der Waals surface area contributed by atoms with Gasteiger partial charge < -0.3 is 10.2 Å². The first-order chi connectivity index (χ1) is 11.5. The first-order valence-corrected chi connectivity index (χ1v) is 7.43. The van der Waals surface area contributed by atoms with Crippen molar-refractivity contribution < 1.29 is 9.18 Å². The molecule has 0 aliphatic carbocycles. The number of benzene rings is 2. The maximum atomic E-state index is 13.8. The largest absolute Gasteiger partial charge is 0.378 e. The Kier molecular flexibility index (Phi) is 4.29. The van der Waals surface area contributed by atoms with Crippen LogP contribution in [0.2, 0.25) is 0 Å². The van der Waals surface area contributed by atoms with Crippen LogP contribution in [0, 0.1) is 5.82 Å². The van der Waals surface area contributed by atoms with Gasteiger partial charge in [-0.25, -0.2) is 9.07 Å². The van der Waals surface area contributed by atoms with Crippen LogP contribution >= 0.6 is 0 Å². The molecule has 0 bridgehead atoms. The van der Waals surface area contributed by atoms with E-state index in [1.165, 1.54) is 16.9 Å². The van der Waals surface area contributed by atoms with E-state index in [-0.39, 0.29) is 11.7 Å². The lowest BCUT2D eigenvalue weighted by Gasteiger charge is -2.12. The molecular formula is C18H17FN4O. The molecule has 6 heteroatoms. The zero-order valence-corrected chi connectivity index (χ0v) is 13.4. The van der Waals surface area contributed by atoms with E-state index in [0.29, 0.717) is 16.9 Å². The molecule has 122 valence electrons. The Morgan fingerprint density at radius 1 is 1.12 bits per heavy atom. The summed E-state index contributed by atoms with van der Waals surface area (Å²) in [5.74, 6) is -0.619. The molecular weight excluding hydrogens is 307 g/mol. The molecule has 0 saturated heterocycles. The summed E-state index contributed by atoms with van der Waals surface area (Å²) in [6.45, 7) is 0. The van der Waals surface area contributed by atoms with Gasteiger partial charge in [0.15, 0.2) is 0 Å². The van der Waals surface area contributed by atoms with Crippen LogP contribution in [0.25, 0.3) is 5.69 Å². The molecule has 0 unspecified atom stereocenters. The van der Waals surface area contributed by atoms with Gasteiger partial charge in [0, 0.05) is 25.3 Å². The van der Waals surface area contributed by atoms with E-state index in [2.05, 4.69) is 10.4 Å². The van der Waals surface area contributed by atoms with Gasteiger partial charge in [0.2, 0.25) is 0 Å². The molecule has 3 aromatic rings. The van der Waals surface area contributed by atoms with E-state index in [9.17, 15) is 9.18 Å². The van der Waals surface area contributed by atoms with Gasteiger partial charge in [0.05, 0.1) is 18.1 Å². The van der Waals surface area contributed by atoms with Gasteiger partial charge in [-0.1, -0.05) is 12.1 Å². The number of nitrogens with one attached hydrogen (secondary N) is 1. The number of carbonyl (C=O) groups is 1. The highest BCUT2D eigenvalue weighted by Gasteiger charge is 2.10. The predicted molar refractivity (Wildman–Crippen MR) is 92.2 cm³/mol. The lowest BCUT2D eigenvalue weighted by molar-refractivity contribution is 0.102. The monoisotopic (exact) mass is 324 g/mol. The highest BCUT2D eigenvalue weighted by molar-refractivity contribution is 6.04. The van der Waals surface area contributed by atoms with Gasteiger partial charge in [0.1, 0.15) is 11.5 Å². The van der Waals surface area contributed by atoms with Crippen molar-refractivity contribution in [3.05, 3.63) is 72.3 Å². The fourth-order valence-corrected chi connectivity index (χ4v) is 2.27. The Balaban J connectivity index is 1.75. The minimum absolute atomic E-state index is 0.242. The molecule has 1 heterocycles. The Labute approximate surface area is 139 Å². The van der Waals surface area contributed by atoms with E-state index in [4.69, 9.17) is 0 Å². The van der Waals surface area contributed by atoms with Crippen molar-refractivity contribution >= 4 is 17.3 Å². The molecule has 0 aliphatic heterocycles. The summed E-state index contributed by atoms with van der Waals surface area (Å²) in [7, 11) is 3.87. The number of nitrogens with zero attached hydrogens (tertiary/aromatic N) is 3. The Bertz CT molecular complexity index is 855. The second-order valence-electron chi connectivity index (χ2n) is 5.52. The van der Waals surface area contributed by atoms with E-state index in [1.807, 2.05) is 31.1 Å². The van der Waals surface area contributed by atoms with Crippen LogP contribution in [0.5, 0.6) is 0 Å². The van der Waals surface area contributed by atoms with Crippen LogP contribution < -0.4 is 10.2 Å². The molecule has 5 nitrogen and oxygen atoms in total. The number of anilines is 2. The summed E-state index contributed by atoms with van der Waals surface area (Å²) >= 11 is 0. The molecule has 1 N–H and O–H groups in total. The second-order valence-corrected chi connectivity index (χ2v) is 5.52. The third kappa shape index (κ3) is 3.27. The second kappa shape index (κ2) is 6.54. The zero-order valence-electron chi connectivity index (χ0n) is 13.4. The van der Waals surface area contributed by atoms with Gasteiger partial charge in [-0.15, -0.1) is 0 Å². The quantitative estimate of drug-likeness (QED) is 0.801. The molecule has 3 rings (SSSR count). The van der Waals surface area contributed by atoms with E-state index < -0.39 is 0 Å². The summed E-state index contributed by atoms with van der Waals surface area (Å²) < 4.78 is 15.2. The molecule has 0 saturated carbocycles. The number of para-hydroxylation sites is 1. The summed E-state index contributed by atoms with van der Waals surface area (Å²) in [4.78, 5) is 14.2. The summed E-state index contributed by atoms with van der Waals surface area (Å²) in [6, 6.07) is 13.6. The fourth-order valence-electron chi connectivity index (χ4n) is 2.27. The normalized spacial score (nSPS) is 10.5. The molecule has 0 aliphatic rings. The number of halogens is 1. The molecule has 0 spiro atoms. The van der Waals surface area contributed by atoms with Gasteiger partial charge in [0.25, 0.3) is 5.91 Å². The van der Waals surface area contributed by atoms with Crippen molar-refractivity contribution in [3.8, 4) is 5.69 Å². The highest BCUT2D eigenvalue weighted by atomic mass is 19.1. The van der Waals surface area contributed by atoms with Crippen molar-refractivity contribution in [1.82, 2.24) is 9.78 Å². The molecule has 24 heavy (non-hydrogen) atoms. The maximum absolute atomic E-state index is 13.8. The van der Waals surface area contributed by atoms with E-state index >= 15 is 0 Å². The Hall–Kier alpha value is -3.15. The predicted octanol–water partition coefficient (Wildman–Crippen LogP) is 3.33. The third-order valence-electron chi connectivity index (χ3n) is 3.59. The van der Waals surface area contributed by atoms with E-state index in [1.54, 1.807) is 36.5 Å². The lowest BCUT2D eigenvalue weighted by atomic mass is 10.2. The molecule has 1 amide bonds. The summed E-state index contributed by atoms with van der Waals surface area (Å²) in [5.41, 5.74) is 2.38. The zero-order chi connectivity index (χ0) is 17.1. The number of hydrogen-bond acceptors (Lipinski definition) is 3. The van der Waals surface area contributed by atoms with Crippen LogP contribution in [0.15, 0.2) is 60.9 Å². The van der Waals surface area contributed by atoms with Crippen molar-refractivity contribution in [1.29, 1.82) is 0 Å². The minimum Gasteiger partial charge on any atom is -0.378 e. The van der Waals surface area contributed by atoms with Crippen molar-refractivity contribution in [2.75, 3.05) is 24.3 Å². The first kappa shape index (κ1) is 15.7. The highest BCUT2D eigenvalue weighted by Crippen LogP contribution is 2.17. The number of aromatic nitrogens is 2. The first-order valence-electron chi connectivity index (χ1n) is 7.43. The summed E-state index contributed by atoms with van der Waals surface area (Å²) in [5, 5.41) is 6.84. The molecule has 0 fully saturated rings. The van der Waals surface area contributed by atoms with Crippen LogP contribution in [0.1, 0.15) is 10.4 Å².